The van der Waals surface area contributed by atoms with E-state index >= 15 is 0 Å². The molecule has 160 valence electrons. The number of ether oxygens (including phenoxy) is 3. The van der Waals surface area contributed by atoms with Crippen LogP contribution in [0.3, 0.4) is 0 Å². The van der Waals surface area contributed by atoms with Gasteiger partial charge in [-0.3, -0.25) is 14.9 Å². The monoisotopic (exact) mass is 440 g/mol. The highest BCUT2D eigenvalue weighted by atomic mass is 32.1. The maximum atomic E-state index is 12.8. The molecule has 1 fully saturated rings. The minimum atomic E-state index is -0.646. The van der Waals surface area contributed by atoms with Crippen LogP contribution in [0.4, 0.5) is 5.13 Å². The number of hydrogen-bond acceptors (Lipinski definition) is 8. The van der Waals surface area contributed by atoms with Crippen LogP contribution in [0.1, 0.15) is 40.6 Å². The van der Waals surface area contributed by atoms with Crippen molar-refractivity contribution in [2.24, 2.45) is 0 Å². The average Bonchev–Trinajstić information content (AvgIpc) is 3.14. The maximum absolute atomic E-state index is 12.8. The molecule has 10 heteroatoms. The Hall–Kier alpha value is -3.24. The van der Waals surface area contributed by atoms with Crippen molar-refractivity contribution in [2.45, 2.75) is 25.4 Å². The third kappa shape index (κ3) is 3.10. The number of hydrogen-bond donors (Lipinski definition) is 2. The summed E-state index contributed by atoms with van der Waals surface area (Å²) < 4.78 is 16.9. The zero-order valence-corrected chi connectivity index (χ0v) is 18.0. The molecule has 9 nitrogen and oxygen atoms in total. The van der Waals surface area contributed by atoms with Crippen molar-refractivity contribution in [1.82, 2.24) is 15.0 Å². The number of anilines is 1. The van der Waals surface area contributed by atoms with Gasteiger partial charge in [0.1, 0.15) is 5.75 Å². The van der Waals surface area contributed by atoms with E-state index in [1.165, 1.54) is 30.3 Å². The number of aromatic nitrogens is 3. The fraction of sp³-hybridized carbons (Fsp3) is 0.333. The minimum Gasteiger partial charge on any atom is -0.480 e. The van der Waals surface area contributed by atoms with E-state index in [-0.39, 0.29) is 11.4 Å². The van der Waals surface area contributed by atoms with Crippen molar-refractivity contribution in [3.63, 3.8) is 0 Å². The van der Waals surface area contributed by atoms with E-state index in [1.54, 1.807) is 0 Å². The molecule has 0 saturated carbocycles. The standard InChI is InChI=1S/C21H20N4O5S/c1-10(2)11-4-5-12-13(6-11)30-21(7-29-8-21)16-15(12)24-20(31-16)25-18(27)14-17(26)22-9-23-19(14)28-3/h4-6,9-10H,7-8H2,1-3H3,(H,22,23,26)(H,24,25,27). The number of nitrogens with zero attached hydrogens (tertiary/aromatic N) is 2. The molecule has 2 aromatic heterocycles. The van der Waals surface area contributed by atoms with Gasteiger partial charge in [-0.1, -0.05) is 31.3 Å². The number of thiazole rings is 1. The van der Waals surface area contributed by atoms with E-state index < -0.39 is 17.1 Å². The Bertz CT molecular complexity index is 1240. The molecule has 0 aliphatic carbocycles. The summed E-state index contributed by atoms with van der Waals surface area (Å²) in [5, 5.41) is 3.07. The van der Waals surface area contributed by atoms with E-state index in [2.05, 4.69) is 40.2 Å². The Morgan fingerprint density at radius 2 is 2.16 bits per heavy atom. The first-order valence-electron chi connectivity index (χ1n) is 9.77. The van der Waals surface area contributed by atoms with Crippen molar-refractivity contribution in [1.29, 1.82) is 0 Å². The van der Waals surface area contributed by atoms with Crippen LogP contribution < -0.4 is 20.3 Å². The molecule has 0 radical (unpaired) electrons. The molecule has 1 saturated heterocycles. The van der Waals surface area contributed by atoms with Crippen molar-refractivity contribution >= 4 is 22.4 Å². The minimum absolute atomic E-state index is 0.0543. The molecule has 2 aliphatic rings. The Balaban J connectivity index is 1.54. The van der Waals surface area contributed by atoms with Gasteiger partial charge in [0.2, 0.25) is 5.88 Å². The quantitative estimate of drug-likeness (QED) is 0.641. The zero-order chi connectivity index (χ0) is 21.8. The van der Waals surface area contributed by atoms with Crippen LogP contribution in [0.2, 0.25) is 0 Å². The van der Waals surface area contributed by atoms with Gasteiger partial charge in [0, 0.05) is 5.56 Å². The lowest BCUT2D eigenvalue weighted by atomic mass is 9.90. The average molecular weight is 440 g/mol. The van der Waals surface area contributed by atoms with Crippen LogP contribution in [0.25, 0.3) is 11.3 Å². The molecule has 0 unspecified atom stereocenters. The van der Waals surface area contributed by atoms with E-state index in [1.807, 2.05) is 12.1 Å². The molecule has 1 amide bonds. The largest absolute Gasteiger partial charge is 0.480 e. The van der Waals surface area contributed by atoms with Gasteiger partial charge in [0.15, 0.2) is 16.3 Å². The lowest BCUT2D eigenvalue weighted by Crippen LogP contribution is -2.52. The summed E-state index contributed by atoms with van der Waals surface area (Å²) >= 11 is 1.31. The van der Waals surface area contributed by atoms with E-state index in [9.17, 15) is 9.59 Å². The summed E-state index contributed by atoms with van der Waals surface area (Å²) in [4.78, 5) is 36.8. The molecule has 1 aromatic carbocycles. The smallest absolute Gasteiger partial charge is 0.268 e. The fourth-order valence-electron chi connectivity index (χ4n) is 3.68. The summed E-state index contributed by atoms with van der Waals surface area (Å²) in [6.07, 6.45) is 1.18. The first-order valence-corrected chi connectivity index (χ1v) is 10.6. The summed E-state index contributed by atoms with van der Waals surface area (Å²) in [5.74, 6) is 0.422. The van der Waals surface area contributed by atoms with Crippen molar-refractivity contribution < 1.29 is 19.0 Å². The summed E-state index contributed by atoms with van der Waals surface area (Å²) in [6.45, 7) is 5.08. The third-order valence-corrected chi connectivity index (χ3v) is 6.56. The zero-order valence-electron chi connectivity index (χ0n) is 17.1. The SMILES string of the molecule is COc1nc[nH]c(=O)c1C(=O)Nc1nc2c(s1)C1(COC1)Oc1cc(C(C)C)ccc1-2. The Morgan fingerprint density at radius 3 is 2.84 bits per heavy atom. The Morgan fingerprint density at radius 1 is 1.35 bits per heavy atom. The van der Waals surface area contributed by atoms with Crippen molar-refractivity contribution in [3.05, 3.63) is 50.9 Å². The molecule has 3 aromatic rings. The first kappa shape index (κ1) is 19.7. The van der Waals surface area contributed by atoms with Gasteiger partial charge < -0.3 is 19.2 Å². The third-order valence-electron chi connectivity index (χ3n) is 5.40. The lowest BCUT2D eigenvalue weighted by molar-refractivity contribution is -0.167. The summed E-state index contributed by atoms with van der Waals surface area (Å²) in [7, 11) is 1.35. The van der Waals surface area contributed by atoms with Gasteiger partial charge in [-0.05, 0) is 23.6 Å². The highest BCUT2D eigenvalue weighted by molar-refractivity contribution is 7.16. The molecule has 5 rings (SSSR count). The highest BCUT2D eigenvalue weighted by Crippen LogP contribution is 2.51. The number of rotatable bonds is 4. The van der Waals surface area contributed by atoms with Gasteiger partial charge in [0.25, 0.3) is 11.5 Å². The van der Waals surface area contributed by atoms with E-state index in [0.29, 0.717) is 24.3 Å². The molecule has 0 atom stereocenters. The predicted molar refractivity (Wildman–Crippen MR) is 114 cm³/mol. The molecule has 2 aliphatic heterocycles. The maximum Gasteiger partial charge on any atom is 0.268 e. The number of nitrogens with one attached hydrogen (secondary N) is 2. The van der Waals surface area contributed by atoms with Crippen LogP contribution >= 0.6 is 11.3 Å². The van der Waals surface area contributed by atoms with Crippen LogP contribution in [-0.4, -0.2) is 41.2 Å². The van der Waals surface area contributed by atoms with Gasteiger partial charge in [0.05, 0.1) is 37.2 Å². The lowest BCUT2D eigenvalue weighted by Gasteiger charge is -2.43. The highest BCUT2D eigenvalue weighted by Gasteiger charge is 2.50. The van der Waals surface area contributed by atoms with E-state index in [0.717, 1.165) is 21.9 Å². The molecule has 4 heterocycles. The second-order valence-corrected chi connectivity index (χ2v) is 8.77. The molecular weight excluding hydrogens is 420 g/mol. The number of carbonyl (C=O) groups excluding carboxylic acids is 1. The van der Waals surface area contributed by atoms with Crippen molar-refractivity contribution in [3.8, 4) is 22.9 Å². The molecular formula is C21H20N4O5S. The second-order valence-electron chi connectivity index (χ2n) is 7.77. The number of fused-ring (bicyclic) bond motifs is 4. The number of benzene rings is 1. The number of H-pyrrole nitrogens is 1. The Kier molecular flexibility index (Phi) is 4.56. The van der Waals surface area contributed by atoms with Crippen LogP contribution in [0.15, 0.2) is 29.3 Å². The van der Waals surface area contributed by atoms with Crippen LogP contribution in [0, 0.1) is 0 Å². The molecule has 0 bridgehead atoms. The normalized spacial score (nSPS) is 15.6. The van der Waals surface area contributed by atoms with Gasteiger partial charge in [-0.2, -0.15) is 0 Å². The van der Waals surface area contributed by atoms with Crippen LogP contribution in [-0.2, 0) is 10.3 Å². The van der Waals surface area contributed by atoms with Crippen molar-refractivity contribution in [2.75, 3.05) is 25.6 Å². The number of methoxy groups -OCH3 is 1. The topological polar surface area (TPSA) is 115 Å². The number of amides is 1. The molecule has 2 N–H and O–H groups in total. The number of carbonyl (C=O) groups is 1. The van der Waals surface area contributed by atoms with Gasteiger partial charge in [-0.15, -0.1) is 0 Å². The van der Waals surface area contributed by atoms with Gasteiger partial charge in [-0.25, -0.2) is 9.97 Å². The predicted octanol–water partition coefficient (Wildman–Crippen LogP) is 2.90. The summed E-state index contributed by atoms with van der Waals surface area (Å²) in [6, 6.07) is 6.10. The molecule has 1 spiro atoms. The second kappa shape index (κ2) is 7.17. The Labute approximate surface area is 181 Å². The molecule has 31 heavy (non-hydrogen) atoms. The number of aromatic amines is 1. The summed E-state index contributed by atoms with van der Waals surface area (Å²) in [5.41, 5.74) is 1.38. The van der Waals surface area contributed by atoms with E-state index in [4.69, 9.17) is 14.2 Å². The first-order chi connectivity index (χ1) is 14.9. The van der Waals surface area contributed by atoms with Crippen LogP contribution in [0.5, 0.6) is 11.6 Å². The fourth-order valence-corrected chi connectivity index (χ4v) is 4.75. The van der Waals surface area contributed by atoms with Gasteiger partial charge >= 0.3 is 0 Å².